The van der Waals surface area contributed by atoms with Gasteiger partial charge < -0.3 is 10.2 Å². The van der Waals surface area contributed by atoms with Crippen molar-refractivity contribution < 1.29 is 6.22 Å². The summed E-state index contributed by atoms with van der Waals surface area (Å²) >= 11 is 0. The third-order valence-corrected chi connectivity index (χ3v) is 3.25. The van der Waals surface area contributed by atoms with Crippen LogP contribution >= 0.6 is 0 Å². The number of carbonyl (C=O) groups is 1. The van der Waals surface area contributed by atoms with Crippen molar-refractivity contribution in [2.24, 2.45) is 5.92 Å². The lowest BCUT2D eigenvalue weighted by atomic mass is 10.0. The molecule has 3 nitrogen and oxygen atoms in total. The van der Waals surface area contributed by atoms with Crippen LogP contribution in [0.15, 0.2) is 11.3 Å². The molecule has 0 spiro atoms. The summed E-state index contributed by atoms with van der Waals surface area (Å²) in [5.41, 5.74) is 2.40. The van der Waals surface area contributed by atoms with Crippen LogP contribution in [0.1, 0.15) is 14.3 Å². The van der Waals surface area contributed by atoms with Crippen molar-refractivity contribution in [2.45, 2.75) is 18.9 Å². The highest BCUT2D eigenvalue weighted by molar-refractivity contribution is 5.97. The van der Waals surface area contributed by atoms with E-state index in [-0.39, 0.29) is 7.33 Å². The topological polar surface area (TPSA) is 32.3 Å². The fourth-order valence-corrected chi connectivity index (χ4v) is 2.52. The fraction of sp³-hybridized carbons (Fsp3) is 0.667. The molecule has 1 saturated carbocycles. The van der Waals surface area contributed by atoms with Gasteiger partial charge >= 0.3 is 0 Å². The molecule has 0 aromatic carbocycles. The normalized spacial score (nSPS) is 37.8. The Bertz CT molecular complexity index is 300. The maximum Gasteiger partial charge on any atom is 0.249 e. The van der Waals surface area contributed by atoms with E-state index >= 15 is 0 Å². The van der Waals surface area contributed by atoms with Crippen LogP contribution in [0.5, 0.6) is 0 Å². The molecular weight excluding hydrogens is 152 g/mol. The summed E-state index contributed by atoms with van der Waals surface area (Å²) in [5, 5.41) is 2.91. The molecule has 3 heteroatoms. The fourth-order valence-electron chi connectivity index (χ4n) is 2.52. The Kier molecular flexibility index (Phi) is 1.000. The van der Waals surface area contributed by atoms with Gasteiger partial charge in [0.15, 0.2) is 0 Å². The summed E-state index contributed by atoms with van der Waals surface area (Å²) in [5.74, 6) is 0.762. The van der Waals surface area contributed by atoms with E-state index in [9.17, 15) is 4.79 Å². The van der Waals surface area contributed by atoms with E-state index in [1.54, 1.807) is 0 Å². The zero-order chi connectivity index (χ0) is 8.29. The second-order valence-electron chi connectivity index (χ2n) is 3.89. The van der Waals surface area contributed by atoms with Crippen LogP contribution in [0, 0.1) is 5.92 Å². The van der Waals surface area contributed by atoms with Crippen LogP contribution in [0.2, 0.25) is 0 Å². The van der Waals surface area contributed by atoms with Crippen molar-refractivity contribution in [3.05, 3.63) is 11.3 Å². The van der Waals surface area contributed by atoms with Gasteiger partial charge in [-0.25, -0.2) is 0 Å². The lowest BCUT2D eigenvalue weighted by molar-refractivity contribution is -0.118. The minimum atomic E-state index is 0. The van der Waals surface area contributed by atoms with Crippen molar-refractivity contribution >= 4 is 5.91 Å². The Morgan fingerprint density at radius 1 is 1.67 bits per heavy atom. The van der Waals surface area contributed by atoms with Gasteiger partial charge in [0.2, 0.25) is 5.91 Å². The Morgan fingerprint density at radius 2 is 2.50 bits per heavy atom. The van der Waals surface area contributed by atoms with Crippen LogP contribution in [-0.2, 0) is 4.79 Å². The molecule has 3 rings (SSSR count). The summed E-state index contributed by atoms with van der Waals surface area (Å²) < 4.78 is 0. The molecule has 3 aliphatic rings. The standard InChI is InChI=1S/C9H12N2O.H2/c1-11-6-2-3-10-9(12)8(6)5-4-7(5)11;/h5,7H,2-4H2,1H3,(H,10,12);1H. The number of fused-ring (bicyclic) bond motifs is 2. The molecular formula is C9H14N2O. The maximum absolute atomic E-state index is 11.5. The number of amides is 1. The zero-order valence-electron chi connectivity index (χ0n) is 7.13. The molecule has 66 valence electrons. The van der Waals surface area contributed by atoms with E-state index in [2.05, 4.69) is 17.3 Å². The molecule has 0 bridgehead atoms. The molecule has 0 aromatic rings. The lowest BCUT2D eigenvalue weighted by Crippen LogP contribution is -2.33. The highest BCUT2D eigenvalue weighted by atomic mass is 16.1. The van der Waals surface area contributed by atoms with E-state index in [1.807, 2.05) is 0 Å². The molecule has 2 aliphatic heterocycles. The molecule has 1 amide bonds. The number of nitrogens with one attached hydrogen (secondary N) is 1. The molecule has 1 N–H and O–H groups in total. The summed E-state index contributed by atoms with van der Waals surface area (Å²) in [7, 11) is 2.12. The van der Waals surface area contributed by atoms with Gasteiger partial charge in [0.1, 0.15) is 0 Å². The molecule has 0 aromatic heterocycles. The van der Waals surface area contributed by atoms with Crippen LogP contribution in [0.25, 0.3) is 0 Å². The number of hydrogen-bond acceptors (Lipinski definition) is 2. The quantitative estimate of drug-likeness (QED) is 0.563. The first-order chi connectivity index (χ1) is 5.79. The van der Waals surface area contributed by atoms with Crippen molar-refractivity contribution in [1.29, 1.82) is 0 Å². The van der Waals surface area contributed by atoms with Gasteiger partial charge in [0.05, 0.1) is 0 Å². The predicted octanol–water partition coefficient (Wildman–Crippen LogP) is 0.340. The number of hydrogen-bond donors (Lipinski definition) is 1. The summed E-state index contributed by atoms with van der Waals surface area (Å²) in [4.78, 5) is 13.8. The average molecular weight is 166 g/mol. The lowest BCUT2D eigenvalue weighted by Gasteiger charge is -2.23. The molecule has 1 aliphatic carbocycles. The third-order valence-electron chi connectivity index (χ3n) is 3.25. The van der Waals surface area contributed by atoms with Gasteiger partial charge in [-0.1, -0.05) is 0 Å². The molecule has 1 fully saturated rings. The first-order valence-electron chi connectivity index (χ1n) is 4.53. The molecule has 2 heterocycles. The van der Waals surface area contributed by atoms with Crippen LogP contribution < -0.4 is 5.32 Å². The summed E-state index contributed by atoms with van der Waals surface area (Å²) in [6, 6.07) is 0.666. The minimum absolute atomic E-state index is 0. The summed E-state index contributed by atoms with van der Waals surface area (Å²) in [6.07, 6.45) is 2.23. The Hall–Kier alpha value is -0.990. The van der Waals surface area contributed by atoms with Gasteiger partial charge in [-0.15, -0.1) is 0 Å². The molecule has 12 heavy (non-hydrogen) atoms. The monoisotopic (exact) mass is 166 g/mol. The maximum atomic E-state index is 11.5. The van der Waals surface area contributed by atoms with Crippen molar-refractivity contribution in [3.8, 4) is 0 Å². The molecule has 0 saturated heterocycles. The number of rotatable bonds is 0. The van der Waals surface area contributed by atoms with Crippen LogP contribution in [0.4, 0.5) is 0 Å². The highest BCUT2D eigenvalue weighted by Gasteiger charge is 2.53. The van der Waals surface area contributed by atoms with E-state index in [0.29, 0.717) is 12.0 Å². The third kappa shape index (κ3) is 0.601. The Balaban J connectivity index is 0.000000653. The molecule has 0 radical (unpaired) electrons. The van der Waals surface area contributed by atoms with E-state index in [4.69, 9.17) is 0 Å². The van der Waals surface area contributed by atoms with E-state index in [1.165, 1.54) is 12.1 Å². The minimum Gasteiger partial charge on any atom is -0.374 e. The highest BCUT2D eigenvalue weighted by Crippen LogP contribution is 2.51. The summed E-state index contributed by atoms with van der Waals surface area (Å²) in [6.45, 7) is 0.821. The Labute approximate surface area is 72.9 Å². The second-order valence-corrected chi connectivity index (χ2v) is 3.89. The van der Waals surface area contributed by atoms with Crippen molar-refractivity contribution in [2.75, 3.05) is 13.6 Å². The van der Waals surface area contributed by atoms with E-state index < -0.39 is 0 Å². The number of nitrogens with zero attached hydrogens (tertiary/aromatic N) is 1. The largest absolute Gasteiger partial charge is 0.374 e. The first kappa shape index (κ1) is 6.52. The predicted molar refractivity (Wildman–Crippen MR) is 46.4 cm³/mol. The Morgan fingerprint density at radius 3 is 3.25 bits per heavy atom. The SMILES string of the molecule is CN1C2=C(C(=O)NCC2)C2CC21.[HH]. The average Bonchev–Trinajstić information content (AvgIpc) is 2.77. The second kappa shape index (κ2) is 1.84. The van der Waals surface area contributed by atoms with Gasteiger partial charge in [-0.3, -0.25) is 4.79 Å². The van der Waals surface area contributed by atoms with Gasteiger partial charge in [-0.2, -0.15) is 0 Å². The van der Waals surface area contributed by atoms with Crippen LogP contribution in [0.3, 0.4) is 0 Å². The zero-order valence-corrected chi connectivity index (χ0v) is 7.13. The van der Waals surface area contributed by atoms with Crippen molar-refractivity contribution in [3.63, 3.8) is 0 Å². The van der Waals surface area contributed by atoms with Gasteiger partial charge in [0, 0.05) is 44.7 Å². The smallest absolute Gasteiger partial charge is 0.249 e. The first-order valence-corrected chi connectivity index (χ1v) is 4.53. The number of carbonyl (C=O) groups excluding carboxylic acids is 1. The molecule has 2 atom stereocenters. The van der Waals surface area contributed by atoms with E-state index in [0.717, 1.165) is 18.5 Å². The molecule has 2 unspecified atom stereocenters. The van der Waals surface area contributed by atoms with Crippen LogP contribution in [-0.4, -0.2) is 30.4 Å². The van der Waals surface area contributed by atoms with Gasteiger partial charge in [-0.05, 0) is 6.42 Å². The van der Waals surface area contributed by atoms with Crippen molar-refractivity contribution in [1.82, 2.24) is 10.2 Å². The van der Waals surface area contributed by atoms with Gasteiger partial charge in [0.25, 0.3) is 0 Å².